The number of carbonyl (C=O) groups excluding carboxylic acids is 2. The van der Waals surface area contributed by atoms with Crippen LogP contribution in [-0.4, -0.2) is 23.4 Å². The van der Waals surface area contributed by atoms with Gasteiger partial charge >= 0.3 is 6.09 Å². The molecule has 3 aromatic rings. The minimum atomic E-state index is -1.22. The van der Waals surface area contributed by atoms with E-state index in [2.05, 4.69) is 10.6 Å². The van der Waals surface area contributed by atoms with Crippen molar-refractivity contribution < 1.29 is 19.5 Å². The van der Waals surface area contributed by atoms with Crippen molar-refractivity contribution in [2.24, 2.45) is 0 Å². The first-order valence-electron chi connectivity index (χ1n) is 7.61. The molecule has 0 atom stereocenters. The molecule has 1 aromatic heterocycles. The lowest BCUT2D eigenvalue weighted by atomic mass is 10.1. The lowest BCUT2D eigenvalue weighted by Gasteiger charge is -2.13. The molecule has 0 aliphatic heterocycles. The summed E-state index contributed by atoms with van der Waals surface area (Å²) in [5.74, 6) is -0.404. The molecule has 0 radical (unpaired) electrons. The van der Waals surface area contributed by atoms with E-state index < -0.39 is 12.0 Å². The maximum atomic E-state index is 12.5. The van der Waals surface area contributed by atoms with Gasteiger partial charge in [0.05, 0.1) is 11.4 Å². The Kier molecular flexibility index (Phi) is 5.09. The van der Waals surface area contributed by atoms with Crippen LogP contribution in [0, 0.1) is 0 Å². The van der Waals surface area contributed by atoms with Gasteiger partial charge in [0.15, 0.2) is 0 Å². The van der Waals surface area contributed by atoms with Crippen LogP contribution < -0.4 is 10.6 Å². The summed E-state index contributed by atoms with van der Waals surface area (Å²) in [6.45, 7) is 0. The molecule has 3 N–H and O–H groups in total. The van der Waals surface area contributed by atoms with E-state index in [0.29, 0.717) is 23.1 Å². The van der Waals surface area contributed by atoms with Gasteiger partial charge in [0.25, 0.3) is 5.91 Å². The first kappa shape index (κ1) is 17.4. The van der Waals surface area contributed by atoms with Gasteiger partial charge < -0.3 is 10.4 Å². The average Bonchev–Trinajstić information content (AvgIpc) is 3.17. The third kappa shape index (κ3) is 3.96. The number of hydrogen-bond donors (Lipinski definition) is 3. The number of rotatable bonds is 5. The van der Waals surface area contributed by atoms with E-state index in [1.54, 1.807) is 41.7 Å². The number of benzene rings is 2. The first-order valence-corrected chi connectivity index (χ1v) is 8.49. The first-order chi connectivity index (χ1) is 12.6. The minimum Gasteiger partial charge on any atom is -0.465 e. The molecule has 130 valence electrons. The fourth-order valence-corrected chi connectivity index (χ4v) is 3.10. The van der Waals surface area contributed by atoms with Gasteiger partial charge in [-0.25, -0.2) is 4.79 Å². The van der Waals surface area contributed by atoms with E-state index in [9.17, 15) is 14.4 Å². The van der Waals surface area contributed by atoms with Crippen molar-refractivity contribution in [1.82, 2.24) is 0 Å². The number of thiophene rings is 1. The standard InChI is InChI=1S/C19H14N2O4S/c22-11-12-3-5-13(6-4-12)18(23)20-16-10-14(17-2-1-9-26-17)7-8-15(16)21-19(24)25/h1-11,21H,(H,20,23)(H,24,25). The number of aldehydes is 1. The van der Waals surface area contributed by atoms with E-state index in [1.807, 2.05) is 17.5 Å². The Labute approximate surface area is 153 Å². The van der Waals surface area contributed by atoms with Crippen LogP contribution in [0.5, 0.6) is 0 Å². The Hall–Kier alpha value is -3.45. The van der Waals surface area contributed by atoms with Gasteiger partial charge in [-0.2, -0.15) is 0 Å². The van der Waals surface area contributed by atoms with E-state index in [4.69, 9.17) is 5.11 Å². The maximum absolute atomic E-state index is 12.5. The number of carbonyl (C=O) groups is 3. The summed E-state index contributed by atoms with van der Waals surface area (Å²) in [6.07, 6.45) is -0.527. The Morgan fingerprint density at radius 1 is 0.962 bits per heavy atom. The lowest BCUT2D eigenvalue weighted by Crippen LogP contribution is -2.15. The molecule has 7 heteroatoms. The third-order valence-electron chi connectivity index (χ3n) is 3.62. The van der Waals surface area contributed by atoms with E-state index in [-0.39, 0.29) is 5.69 Å². The zero-order valence-corrected chi connectivity index (χ0v) is 14.2. The SMILES string of the molecule is O=Cc1ccc(C(=O)Nc2cc(-c3cccs3)ccc2NC(=O)O)cc1. The zero-order chi connectivity index (χ0) is 18.5. The Morgan fingerprint density at radius 3 is 2.35 bits per heavy atom. The topological polar surface area (TPSA) is 95.5 Å². The second-order valence-corrected chi connectivity index (χ2v) is 6.31. The maximum Gasteiger partial charge on any atom is 0.409 e. The van der Waals surface area contributed by atoms with Crippen molar-refractivity contribution in [2.45, 2.75) is 0 Å². The van der Waals surface area contributed by atoms with Gasteiger partial charge in [-0.05, 0) is 41.3 Å². The van der Waals surface area contributed by atoms with Crippen LogP contribution in [0.15, 0.2) is 60.0 Å². The average molecular weight is 366 g/mol. The second-order valence-electron chi connectivity index (χ2n) is 5.36. The molecule has 3 rings (SSSR count). The number of nitrogens with one attached hydrogen (secondary N) is 2. The van der Waals surface area contributed by atoms with Gasteiger partial charge in [-0.3, -0.25) is 14.9 Å². The molecule has 0 unspecified atom stereocenters. The summed E-state index contributed by atoms with van der Waals surface area (Å²) in [5.41, 5.74) is 2.31. The number of hydrogen-bond acceptors (Lipinski definition) is 4. The minimum absolute atomic E-state index is 0.274. The molecule has 0 aliphatic carbocycles. The van der Waals surface area contributed by atoms with Crippen molar-refractivity contribution in [3.8, 4) is 10.4 Å². The summed E-state index contributed by atoms with van der Waals surface area (Å²) in [4.78, 5) is 35.2. The summed E-state index contributed by atoms with van der Waals surface area (Å²) in [7, 11) is 0. The van der Waals surface area contributed by atoms with Gasteiger partial charge in [-0.15, -0.1) is 11.3 Å². The molecule has 0 aliphatic rings. The van der Waals surface area contributed by atoms with E-state index in [0.717, 1.165) is 10.4 Å². The van der Waals surface area contributed by atoms with Crippen LogP contribution >= 0.6 is 11.3 Å². The summed E-state index contributed by atoms with van der Waals surface area (Å²) in [5, 5.41) is 15.9. The predicted molar refractivity (Wildman–Crippen MR) is 101 cm³/mol. The molecule has 6 nitrogen and oxygen atoms in total. The summed E-state index contributed by atoms with van der Waals surface area (Å²) >= 11 is 1.54. The predicted octanol–water partition coefficient (Wildman–Crippen LogP) is 4.57. The van der Waals surface area contributed by atoms with Crippen LogP contribution in [0.4, 0.5) is 16.2 Å². The van der Waals surface area contributed by atoms with Crippen molar-refractivity contribution in [3.05, 3.63) is 71.1 Å². The summed E-state index contributed by atoms with van der Waals surface area (Å²) < 4.78 is 0. The van der Waals surface area contributed by atoms with Crippen LogP contribution in [-0.2, 0) is 0 Å². The summed E-state index contributed by atoms with van der Waals surface area (Å²) in [6, 6.07) is 15.1. The van der Waals surface area contributed by atoms with Gasteiger partial charge in [-0.1, -0.05) is 24.3 Å². The fourth-order valence-electron chi connectivity index (χ4n) is 2.38. The molecule has 1 heterocycles. The molecule has 0 bridgehead atoms. The second kappa shape index (κ2) is 7.62. The molecule has 0 saturated heterocycles. The fraction of sp³-hybridized carbons (Fsp3) is 0. The zero-order valence-electron chi connectivity index (χ0n) is 13.4. The van der Waals surface area contributed by atoms with Crippen molar-refractivity contribution in [1.29, 1.82) is 0 Å². The molecule has 2 aromatic carbocycles. The molecule has 0 saturated carbocycles. The highest BCUT2D eigenvalue weighted by molar-refractivity contribution is 7.13. The van der Waals surface area contributed by atoms with Crippen molar-refractivity contribution in [3.63, 3.8) is 0 Å². The monoisotopic (exact) mass is 366 g/mol. The highest BCUT2D eigenvalue weighted by Gasteiger charge is 2.13. The van der Waals surface area contributed by atoms with E-state index in [1.165, 1.54) is 12.1 Å². The van der Waals surface area contributed by atoms with Gasteiger partial charge in [0, 0.05) is 16.0 Å². The van der Waals surface area contributed by atoms with Crippen LogP contribution in [0.2, 0.25) is 0 Å². The highest BCUT2D eigenvalue weighted by Crippen LogP contribution is 2.32. The van der Waals surface area contributed by atoms with Crippen LogP contribution in [0.3, 0.4) is 0 Å². The molecule has 0 fully saturated rings. The van der Waals surface area contributed by atoms with Gasteiger partial charge in [0.1, 0.15) is 6.29 Å². The van der Waals surface area contributed by atoms with Crippen molar-refractivity contribution in [2.75, 3.05) is 10.6 Å². The van der Waals surface area contributed by atoms with Crippen LogP contribution in [0.1, 0.15) is 20.7 Å². The highest BCUT2D eigenvalue weighted by atomic mass is 32.1. The molecule has 2 amide bonds. The molecule has 26 heavy (non-hydrogen) atoms. The molecular weight excluding hydrogens is 352 g/mol. The Morgan fingerprint density at radius 2 is 1.73 bits per heavy atom. The Bertz CT molecular complexity index is 950. The smallest absolute Gasteiger partial charge is 0.409 e. The number of amides is 2. The number of anilines is 2. The largest absolute Gasteiger partial charge is 0.465 e. The third-order valence-corrected chi connectivity index (χ3v) is 4.54. The quantitative estimate of drug-likeness (QED) is 0.576. The van der Waals surface area contributed by atoms with Gasteiger partial charge in [0.2, 0.25) is 0 Å². The van der Waals surface area contributed by atoms with Crippen molar-refractivity contribution >= 4 is 41.0 Å². The normalized spacial score (nSPS) is 10.2. The number of carboxylic acid groups (broad SMARTS) is 1. The Balaban J connectivity index is 1.92. The molecule has 0 spiro atoms. The van der Waals surface area contributed by atoms with E-state index >= 15 is 0 Å². The molecular formula is C19H14N2O4S. The van der Waals surface area contributed by atoms with Crippen LogP contribution in [0.25, 0.3) is 10.4 Å². The lowest BCUT2D eigenvalue weighted by molar-refractivity contribution is 0.102.